The highest BCUT2D eigenvalue weighted by molar-refractivity contribution is 6.36. The highest BCUT2D eigenvalue weighted by Crippen LogP contribution is 2.40. The number of halogens is 3. The first-order chi connectivity index (χ1) is 12.4. The van der Waals surface area contributed by atoms with Crippen LogP contribution in [0.15, 0.2) is 36.0 Å². The fraction of sp³-hybridized carbons (Fsp3) is 0.333. The molecule has 1 aliphatic heterocycles. The number of benzene rings is 1. The van der Waals surface area contributed by atoms with Crippen molar-refractivity contribution < 1.29 is 4.39 Å². The average Bonchev–Trinajstić information content (AvgIpc) is 2.60. The molecule has 0 atom stereocenters. The van der Waals surface area contributed by atoms with E-state index in [1.165, 1.54) is 16.9 Å². The van der Waals surface area contributed by atoms with Gasteiger partial charge in [-0.3, -0.25) is 0 Å². The predicted octanol–water partition coefficient (Wildman–Crippen LogP) is 3.99. The van der Waals surface area contributed by atoms with Crippen molar-refractivity contribution in [2.75, 3.05) is 23.8 Å². The molecule has 1 aromatic carbocycles. The molecule has 2 heterocycles. The fourth-order valence-corrected chi connectivity index (χ4v) is 3.67. The molecule has 0 unspecified atom stereocenters. The molecule has 0 radical (unpaired) electrons. The van der Waals surface area contributed by atoms with Crippen molar-refractivity contribution in [2.45, 2.75) is 19.8 Å². The van der Waals surface area contributed by atoms with Crippen LogP contribution in [0.5, 0.6) is 0 Å². The second kappa shape index (κ2) is 7.68. The molecular formula is C18H20Cl2FN5. The summed E-state index contributed by atoms with van der Waals surface area (Å²) in [6.07, 6.45) is 3.33. The molecule has 0 saturated carbocycles. The van der Waals surface area contributed by atoms with Gasteiger partial charge in [0.05, 0.1) is 10.6 Å². The summed E-state index contributed by atoms with van der Waals surface area (Å²) >= 11 is 12.7. The zero-order valence-electron chi connectivity index (χ0n) is 14.4. The molecule has 0 bridgehead atoms. The Morgan fingerprint density at radius 2 is 2.00 bits per heavy atom. The topological polar surface area (TPSA) is 59.4 Å². The van der Waals surface area contributed by atoms with Crippen LogP contribution in [0.4, 0.5) is 10.2 Å². The van der Waals surface area contributed by atoms with Gasteiger partial charge in [-0.15, -0.1) is 0 Å². The smallest absolute Gasteiger partial charge is 0.251 e. The Morgan fingerprint density at radius 3 is 2.62 bits per heavy atom. The van der Waals surface area contributed by atoms with E-state index >= 15 is 0 Å². The second-order valence-corrected chi connectivity index (χ2v) is 7.11. The van der Waals surface area contributed by atoms with Gasteiger partial charge in [-0.25, -0.2) is 14.1 Å². The number of hydrogen-bond donors (Lipinski definition) is 1. The SMILES string of the molecule is C=C/N=c1/nc(Cl)c(-c2c(F)cccc2Cl)c(N2CCC(C)CC2)n1N. The summed E-state index contributed by atoms with van der Waals surface area (Å²) in [5.41, 5.74) is 0.745. The summed E-state index contributed by atoms with van der Waals surface area (Å²) in [6.45, 7) is 7.32. The predicted molar refractivity (Wildman–Crippen MR) is 104 cm³/mol. The van der Waals surface area contributed by atoms with E-state index < -0.39 is 5.82 Å². The van der Waals surface area contributed by atoms with Gasteiger partial charge in [-0.1, -0.05) is 42.8 Å². The van der Waals surface area contributed by atoms with Crippen molar-refractivity contribution in [1.29, 1.82) is 0 Å². The molecule has 5 nitrogen and oxygen atoms in total. The van der Waals surface area contributed by atoms with E-state index in [1.54, 1.807) is 12.1 Å². The summed E-state index contributed by atoms with van der Waals surface area (Å²) < 4.78 is 15.9. The zero-order valence-corrected chi connectivity index (χ0v) is 15.9. The number of piperidine rings is 1. The van der Waals surface area contributed by atoms with Crippen LogP contribution in [0.25, 0.3) is 11.1 Å². The average molecular weight is 396 g/mol. The Hall–Kier alpha value is -2.05. The monoisotopic (exact) mass is 395 g/mol. The van der Waals surface area contributed by atoms with Crippen molar-refractivity contribution in [3.05, 3.63) is 52.6 Å². The lowest BCUT2D eigenvalue weighted by Gasteiger charge is -2.34. The largest absolute Gasteiger partial charge is 0.356 e. The third-order valence-electron chi connectivity index (χ3n) is 4.57. The van der Waals surface area contributed by atoms with E-state index in [-0.39, 0.29) is 21.4 Å². The molecule has 1 saturated heterocycles. The van der Waals surface area contributed by atoms with Crippen molar-refractivity contribution in [3.8, 4) is 11.1 Å². The van der Waals surface area contributed by atoms with E-state index in [0.29, 0.717) is 17.3 Å². The van der Waals surface area contributed by atoms with Gasteiger partial charge in [0.25, 0.3) is 5.62 Å². The number of rotatable bonds is 3. The van der Waals surface area contributed by atoms with Crippen LogP contribution >= 0.6 is 23.2 Å². The minimum absolute atomic E-state index is 0.0907. The van der Waals surface area contributed by atoms with Gasteiger partial charge < -0.3 is 10.7 Å². The van der Waals surface area contributed by atoms with Gasteiger partial charge in [-0.05, 0) is 30.9 Å². The Balaban J connectivity index is 2.32. The van der Waals surface area contributed by atoms with Crippen LogP contribution in [-0.2, 0) is 0 Å². The minimum Gasteiger partial charge on any atom is -0.356 e. The Labute approximate surface area is 161 Å². The summed E-state index contributed by atoms with van der Waals surface area (Å²) in [5.74, 6) is 6.97. The highest BCUT2D eigenvalue weighted by atomic mass is 35.5. The molecule has 8 heteroatoms. The summed E-state index contributed by atoms with van der Waals surface area (Å²) in [6, 6.07) is 4.49. The first-order valence-corrected chi connectivity index (χ1v) is 9.11. The van der Waals surface area contributed by atoms with Gasteiger partial charge >= 0.3 is 0 Å². The molecule has 0 amide bonds. The quantitative estimate of drug-likeness (QED) is 0.631. The number of nitrogens with zero attached hydrogens (tertiary/aromatic N) is 4. The van der Waals surface area contributed by atoms with Gasteiger partial charge in [-0.2, -0.15) is 4.98 Å². The molecule has 3 rings (SSSR count). The van der Waals surface area contributed by atoms with Gasteiger partial charge in [0.2, 0.25) is 0 Å². The molecule has 26 heavy (non-hydrogen) atoms. The summed E-state index contributed by atoms with van der Waals surface area (Å²) in [7, 11) is 0. The van der Waals surface area contributed by atoms with Gasteiger partial charge in [0.1, 0.15) is 16.8 Å². The third kappa shape index (κ3) is 3.44. The summed E-state index contributed by atoms with van der Waals surface area (Å²) in [5, 5.41) is 0.335. The van der Waals surface area contributed by atoms with E-state index in [9.17, 15) is 4.39 Å². The van der Waals surface area contributed by atoms with E-state index in [4.69, 9.17) is 29.0 Å². The first-order valence-electron chi connectivity index (χ1n) is 8.35. The molecule has 1 aliphatic rings. The Bertz CT molecular complexity index is 881. The number of nitrogens with two attached hydrogens (primary N) is 1. The van der Waals surface area contributed by atoms with Gasteiger partial charge in [0.15, 0.2) is 0 Å². The lowest BCUT2D eigenvalue weighted by molar-refractivity contribution is 0.434. The number of hydrogen-bond acceptors (Lipinski definition) is 4. The molecule has 2 N–H and O–H groups in total. The Morgan fingerprint density at radius 1 is 1.31 bits per heavy atom. The fourth-order valence-electron chi connectivity index (χ4n) is 3.16. The van der Waals surface area contributed by atoms with Crippen molar-refractivity contribution >= 4 is 29.0 Å². The van der Waals surface area contributed by atoms with Crippen LogP contribution in [0.2, 0.25) is 10.2 Å². The van der Waals surface area contributed by atoms with Crippen LogP contribution in [-0.4, -0.2) is 22.7 Å². The van der Waals surface area contributed by atoms with E-state index in [1.807, 2.05) is 0 Å². The number of anilines is 1. The molecule has 1 aromatic heterocycles. The van der Waals surface area contributed by atoms with Gasteiger partial charge in [0, 0.05) is 24.9 Å². The zero-order chi connectivity index (χ0) is 18.8. The maximum atomic E-state index is 14.6. The standard InChI is InChI=1S/C18H20Cl2FN5/c1-3-23-18-24-16(20)15(14-12(19)5-4-6-13(14)21)17(26(18)22)25-9-7-11(2)8-10-25/h3-6,11H,1,7-10,22H2,2H3/b23-18-. The van der Waals surface area contributed by atoms with Crippen LogP contribution in [0, 0.1) is 11.7 Å². The maximum absolute atomic E-state index is 14.6. The van der Waals surface area contributed by atoms with Crippen molar-refractivity contribution in [2.24, 2.45) is 10.9 Å². The molecule has 138 valence electrons. The lowest BCUT2D eigenvalue weighted by Crippen LogP contribution is -2.41. The third-order valence-corrected chi connectivity index (χ3v) is 5.16. The molecule has 2 aromatic rings. The van der Waals surface area contributed by atoms with Crippen LogP contribution in [0.1, 0.15) is 19.8 Å². The van der Waals surface area contributed by atoms with E-state index in [2.05, 4.69) is 28.4 Å². The highest BCUT2D eigenvalue weighted by Gasteiger charge is 2.27. The second-order valence-electron chi connectivity index (χ2n) is 6.35. The first kappa shape index (κ1) is 18.7. The minimum atomic E-state index is -0.485. The van der Waals surface area contributed by atoms with E-state index in [0.717, 1.165) is 25.9 Å². The molecule has 0 spiro atoms. The van der Waals surface area contributed by atoms with Crippen LogP contribution < -0.4 is 16.4 Å². The maximum Gasteiger partial charge on any atom is 0.251 e. The normalized spacial score (nSPS) is 16.2. The molecular weight excluding hydrogens is 376 g/mol. The van der Waals surface area contributed by atoms with Crippen molar-refractivity contribution in [3.63, 3.8) is 0 Å². The molecule has 0 aliphatic carbocycles. The number of aromatic nitrogens is 2. The lowest BCUT2D eigenvalue weighted by atomic mass is 9.98. The van der Waals surface area contributed by atoms with Crippen LogP contribution in [0.3, 0.4) is 0 Å². The van der Waals surface area contributed by atoms with Crippen molar-refractivity contribution in [1.82, 2.24) is 9.66 Å². The molecule has 1 fully saturated rings. The number of nitrogen functional groups attached to an aromatic ring is 1. The summed E-state index contributed by atoms with van der Waals surface area (Å²) in [4.78, 5) is 10.4. The Kier molecular flexibility index (Phi) is 5.53.